The van der Waals surface area contributed by atoms with E-state index < -0.39 is 18.2 Å². The molecule has 0 unspecified atom stereocenters. The molecule has 1 N–H and O–H groups in total. The molecule has 1 aromatic heterocycles. The van der Waals surface area contributed by atoms with Gasteiger partial charge in [-0.15, -0.1) is 18.3 Å². The maximum absolute atomic E-state index is 15.1. The van der Waals surface area contributed by atoms with Gasteiger partial charge >= 0.3 is 12.4 Å². The van der Waals surface area contributed by atoms with Crippen molar-refractivity contribution in [1.82, 2.24) is 14.8 Å². The predicted octanol–water partition coefficient (Wildman–Crippen LogP) is 6.83. The lowest BCUT2D eigenvalue weighted by Gasteiger charge is -2.24. The topological polar surface area (TPSA) is 105 Å². The van der Waals surface area contributed by atoms with Crippen molar-refractivity contribution in [2.45, 2.75) is 26.1 Å². The van der Waals surface area contributed by atoms with Gasteiger partial charge in [0, 0.05) is 25.3 Å². The van der Waals surface area contributed by atoms with Crippen LogP contribution in [0, 0.1) is 5.82 Å². The minimum absolute atomic E-state index is 0.0836. The molecule has 0 aliphatic carbocycles. The summed E-state index contributed by atoms with van der Waals surface area (Å²) in [7, 11) is 3.84. The summed E-state index contributed by atoms with van der Waals surface area (Å²) >= 11 is 1.12. The van der Waals surface area contributed by atoms with Crippen molar-refractivity contribution in [2.24, 2.45) is 4.99 Å². The number of urea groups is 1. The van der Waals surface area contributed by atoms with Crippen molar-refractivity contribution >= 4 is 45.9 Å². The van der Waals surface area contributed by atoms with Crippen LogP contribution in [0.1, 0.15) is 25.3 Å². The predicted molar refractivity (Wildman–Crippen MR) is 165 cm³/mol. The highest BCUT2D eigenvalue weighted by atomic mass is 32.2. The molecule has 1 saturated heterocycles. The number of aliphatic imine (C=N–C) groups is 1. The Morgan fingerprint density at radius 3 is 2.47 bits per heavy atom. The molecule has 1 fully saturated rings. The Kier molecular flexibility index (Phi) is 8.82. The van der Waals surface area contributed by atoms with E-state index in [-0.39, 0.29) is 45.6 Å². The quantitative estimate of drug-likeness (QED) is 0.221. The van der Waals surface area contributed by atoms with Crippen LogP contribution >= 0.6 is 11.8 Å². The van der Waals surface area contributed by atoms with Gasteiger partial charge in [-0.2, -0.15) is 4.99 Å². The number of aromatic nitrogens is 3. The molecule has 0 spiro atoms. The zero-order valence-electron chi connectivity index (χ0n) is 24.5. The summed E-state index contributed by atoms with van der Waals surface area (Å²) in [6, 6.07) is 13.8. The fourth-order valence-electron chi connectivity index (χ4n) is 4.47. The third-order valence-electron chi connectivity index (χ3n) is 6.65. The zero-order valence-corrected chi connectivity index (χ0v) is 25.3. The van der Waals surface area contributed by atoms with Crippen LogP contribution in [-0.4, -0.2) is 58.1 Å². The molecule has 0 atom stereocenters. The number of ether oxygens (including phenoxy) is 1. The summed E-state index contributed by atoms with van der Waals surface area (Å²) < 4.78 is 57.5. The van der Waals surface area contributed by atoms with Gasteiger partial charge < -0.3 is 15.0 Å². The van der Waals surface area contributed by atoms with Gasteiger partial charge in [-0.3, -0.25) is 9.69 Å². The third-order valence-corrected chi connectivity index (χ3v) is 7.57. The van der Waals surface area contributed by atoms with Gasteiger partial charge in [-0.05, 0) is 72.1 Å². The van der Waals surface area contributed by atoms with E-state index >= 15 is 4.39 Å². The molecule has 15 heteroatoms. The molecule has 3 amide bonds. The van der Waals surface area contributed by atoms with E-state index in [2.05, 4.69) is 25.1 Å². The molecule has 1 aliphatic heterocycles. The molecule has 10 nitrogen and oxygen atoms in total. The second-order valence-electron chi connectivity index (χ2n) is 10.4. The van der Waals surface area contributed by atoms with Crippen molar-refractivity contribution in [2.75, 3.05) is 35.0 Å². The molecule has 0 radical (unpaired) electrons. The number of thioether (sulfide) groups is 1. The molecule has 2 heterocycles. The van der Waals surface area contributed by atoms with E-state index in [0.29, 0.717) is 11.4 Å². The largest absolute Gasteiger partial charge is 0.573 e. The number of amidine groups is 1. The maximum Gasteiger partial charge on any atom is 0.573 e. The minimum Gasteiger partial charge on any atom is -0.406 e. The van der Waals surface area contributed by atoms with Crippen LogP contribution in [0.2, 0.25) is 0 Å². The first kappa shape index (κ1) is 31.5. The SMILES string of the molecule is CC(C)c1cc(N(C)C)ccc1N1C(=O)CS/C1=N\C(=O)Nc1ccc(-c2ncn(-c3ccc(OC(F)(F)F)cc3)n2)cc1F. The van der Waals surface area contributed by atoms with Crippen LogP contribution in [0.3, 0.4) is 0 Å². The molecular formula is C30H27F4N7O3S. The number of rotatable bonds is 7. The molecule has 0 saturated carbocycles. The molecule has 1 aliphatic rings. The fourth-order valence-corrected chi connectivity index (χ4v) is 5.33. The van der Waals surface area contributed by atoms with Gasteiger partial charge in [0.15, 0.2) is 11.0 Å². The zero-order chi connectivity index (χ0) is 32.5. The lowest BCUT2D eigenvalue weighted by atomic mass is 9.99. The number of halogens is 4. The number of carbonyl (C=O) groups is 2. The molecule has 4 aromatic rings. The Labute approximate surface area is 259 Å². The highest BCUT2D eigenvalue weighted by Gasteiger charge is 2.33. The standard InChI is InChI=1S/C30H27F4N7O3S/c1-17(2)22-14-20(39(3)4)8-12-25(22)41-26(42)15-45-29(41)37-28(43)36-24-11-5-18(13-23(24)31)27-35-16-40(38-27)19-6-9-21(10-7-19)44-30(32,33)34/h5-14,16-17H,15H2,1-4H3,(H,36,43)/b37-29-. The van der Waals surface area contributed by atoms with Crippen molar-refractivity contribution in [3.63, 3.8) is 0 Å². The van der Waals surface area contributed by atoms with Gasteiger partial charge in [0.05, 0.1) is 22.8 Å². The molecule has 3 aromatic carbocycles. The number of nitrogens with zero attached hydrogens (tertiary/aromatic N) is 6. The van der Waals surface area contributed by atoms with Crippen molar-refractivity contribution in [3.05, 3.63) is 78.4 Å². The smallest absolute Gasteiger partial charge is 0.406 e. The summed E-state index contributed by atoms with van der Waals surface area (Å²) in [5.74, 6) is -1.06. The summed E-state index contributed by atoms with van der Waals surface area (Å²) in [6.45, 7) is 4.02. The van der Waals surface area contributed by atoms with E-state index in [0.717, 1.165) is 41.2 Å². The van der Waals surface area contributed by atoms with Gasteiger partial charge in [-0.1, -0.05) is 25.6 Å². The lowest BCUT2D eigenvalue weighted by molar-refractivity contribution is -0.274. The highest BCUT2D eigenvalue weighted by Crippen LogP contribution is 2.36. The van der Waals surface area contributed by atoms with Crippen LogP contribution in [0.5, 0.6) is 5.75 Å². The first-order valence-electron chi connectivity index (χ1n) is 13.5. The van der Waals surface area contributed by atoms with Gasteiger partial charge in [0.25, 0.3) is 0 Å². The second-order valence-corrected chi connectivity index (χ2v) is 11.3. The highest BCUT2D eigenvalue weighted by molar-refractivity contribution is 8.15. The molecule has 0 bridgehead atoms. The fraction of sp³-hybridized carbons (Fsp3) is 0.233. The third kappa shape index (κ3) is 7.25. The summed E-state index contributed by atoms with van der Waals surface area (Å²) in [5, 5.41) is 6.86. The van der Waals surface area contributed by atoms with Crippen LogP contribution < -0.4 is 19.9 Å². The number of hydrogen-bond donors (Lipinski definition) is 1. The molecule has 234 valence electrons. The van der Waals surface area contributed by atoms with Gasteiger partial charge in [0.1, 0.15) is 17.9 Å². The first-order valence-corrected chi connectivity index (χ1v) is 14.5. The minimum atomic E-state index is -4.81. The van der Waals surface area contributed by atoms with E-state index in [1.165, 1.54) is 40.2 Å². The van der Waals surface area contributed by atoms with E-state index in [1.807, 2.05) is 51.0 Å². The maximum atomic E-state index is 15.1. The number of benzene rings is 3. The molecule has 45 heavy (non-hydrogen) atoms. The average molecular weight is 642 g/mol. The normalized spacial score (nSPS) is 14.4. The Hall–Kier alpha value is -4.92. The summed E-state index contributed by atoms with van der Waals surface area (Å²) in [6.07, 6.45) is -3.49. The number of hydrogen-bond acceptors (Lipinski definition) is 7. The summed E-state index contributed by atoms with van der Waals surface area (Å²) in [5.41, 5.74) is 3.05. The van der Waals surface area contributed by atoms with Crippen LogP contribution in [0.4, 0.5) is 39.4 Å². The molecule has 5 rings (SSSR count). The first-order chi connectivity index (χ1) is 21.3. The van der Waals surface area contributed by atoms with E-state index in [9.17, 15) is 22.8 Å². The van der Waals surface area contributed by atoms with Gasteiger partial charge in [0.2, 0.25) is 5.91 Å². The Morgan fingerprint density at radius 2 is 1.82 bits per heavy atom. The Morgan fingerprint density at radius 1 is 1.09 bits per heavy atom. The van der Waals surface area contributed by atoms with Crippen molar-refractivity contribution in [1.29, 1.82) is 0 Å². The molecular weight excluding hydrogens is 614 g/mol. The number of carbonyl (C=O) groups excluding carboxylic acids is 2. The van der Waals surface area contributed by atoms with Crippen LogP contribution in [0.25, 0.3) is 17.1 Å². The van der Waals surface area contributed by atoms with E-state index in [4.69, 9.17) is 0 Å². The number of nitrogens with one attached hydrogen (secondary N) is 1. The Balaban J connectivity index is 1.31. The van der Waals surface area contributed by atoms with Crippen LogP contribution in [0.15, 0.2) is 72.0 Å². The van der Waals surface area contributed by atoms with Crippen LogP contribution in [-0.2, 0) is 4.79 Å². The van der Waals surface area contributed by atoms with E-state index in [1.54, 1.807) is 0 Å². The summed E-state index contributed by atoms with van der Waals surface area (Å²) in [4.78, 5) is 37.3. The monoisotopic (exact) mass is 641 g/mol. The lowest BCUT2D eigenvalue weighted by Crippen LogP contribution is -2.31. The number of alkyl halides is 3. The van der Waals surface area contributed by atoms with Crippen molar-refractivity contribution in [3.8, 4) is 22.8 Å². The number of amides is 3. The average Bonchev–Trinajstić information content (AvgIpc) is 3.60. The number of anilines is 3. The Bertz CT molecular complexity index is 1770. The van der Waals surface area contributed by atoms with Crippen molar-refractivity contribution < 1.29 is 31.9 Å². The second kappa shape index (κ2) is 12.6. The van der Waals surface area contributed by atoms with Gasteiger partial charge in [-0.25, -0.2) is 18.9 Å².